The molecule has 0 heterocycles. The van der Waals surface area contributed by atoms with E-state index in [1.165, 1.54) is 12.1 Å². The van der Waals surface area contributed by atoms with Gasteiger partial charge in [-0.2, -0.15) is 5.26 Å². The molecule has 1 aromatic rings. The molecule has 0 saturated heterocycles. The van der Waals surface area contributed by atoms with Gasteiger partial charge in [0.25, 0.3) is 0 Å². The van der Waals surface area contributed by atoms with Crippen LogP contribution < -0.4 is 5.32 Å². The third kappa shape index (κ3) is 5.70. The minimum Gasteiger partial charge on any atom is -0.466 e. The van der Waals surface area contributed by atoms with Crippen molar-refractivity contribution in [3.8, 4) is 6.07 Å². The van der Waals surface area contributed by atoms with Gasteiger partial charge in [0.05, 0.1) is 12.2 Å². The van der Waals surface area contributed by atoms with Crippen LogP contribution in [0.2, 0.25) is 0 Å². The van der Waals surface area contributed by atoms with Crippen molar-refractivity contribution >= 4 is 11.7 Å². The molecule has 0 atom stereocenters. The number of halogens is 1. The highest BCUT2D eigenvalue weighted by Crippen LogP contribution is 2.14. The molecule has 0 saturated carbocycles. The number of nitrogens with zero attached hydrogens (tertiary/aromatic N) is 1. The van der Waals surface area contributed by atoms with Crippen LogP contribution >= 0.6 is 0 Å². The second-order valence-electron chi connectivity index (χ2n) is 4.35. The summed E-state index contributed by atoms with van der Waals surface area (Å²) in [5.74, 6) is -0.662. The van der Waals surface area contributed by atoms with Crippen molar-refractivity contribution in [1.29, 1.82) is 5.26 Å². The Morgan fingerprint density at radius 1 is 1.40 bits per heavy atom. The van der Waals surface area contributed by atoms with Crippen molar-refractivity contribution in [2.75, 3.05) is 18.5 Å². The summed E-state index contributed by atoms with van der Waals surface area (Å²) in [4.78, 5) is 11.1. The molecule has 0 unspecified atom stereocenters. The molecule has 0 fully saturated rings. The van der Waals surface area contributed by atoms with Crippen molar-refractivity contribution in [2.45, 2.75) is 32.6 Å². The lowest BCUT2D eigenvalue weighted by molar-refractivity contribution is -0.143. The minimum atomic E-state index is -0.507. The third-order valence-corrected chi connectivity index (χ3v) is 2.78. The topological polar surface area (TPSA) is 62.1 Å². The van der Waals surface area contributed by atoms with E-state index in [9.17, 15) is 9.18 Å². The van der Waals surface area contributed by atoms with Crippen LogP contribution in [0.4, 0.5) is 10.1 Å². The van der Waals surface area contributed by atoms with E-state index in [4.69, 9.17) is 10.00 Å². The molecule has 0 radical (unpaired) electrons. The summed E-state index contributed by atoms with van der Waals surface area (Å²) in [5.41, 5.74) is 0.769. The Kier molecular flexibility index (Phi) is 7.12. The first-order chi connectivity index (χ1) is 9.67. The van der Waals surface area contributed by atoms with E-state index < -0.39 is 5.82 Å². The molecule has 0 aromatic heterocycles. The van der Waals surface area contributed by atoms with Crippen molar-refractivity contribution in [3.63, 3.8) is 0 Å². The van der Waals surface area contributed by atoms with Crippen molar-refractivity contribution < 1.29 is 13.9 Å². The van der Waals surface area contributed by atoms with Crippen LogP contribution in [-0.4, -0.2) is 19.1 Å². The number of hydrogen-bond acceptors (Lipinski definition) is 4. The number of benzene rings is 1. The SMILES string of the molecule is CCOC(=O)CCCCCNc1ccc(F)c(C#N)c1. The summed E-state index contributed by atoms with van der Waals surface area (Å²) < 4.78 is 17.9. The van der Waals surface area contributed by atoms with Gasteiger partial charge in [-0.05, 0) is 38.0 Å². The van der Waals surface area contributed by atoms with Gasteiger partial charge in [0.1, 0.15) is 11.9 Å². The van der Waals surface area contributed by atoms with Gasteiger partial charge in [-0.15, -0.1) is 0 Å². The number of rotatable bonds is 8. The molecule has 5 heteroatoms. The summed E-state index contributed by atoms with van der Waals surface area (Å²) in [6, 6.07) is 6.18. The highest BCUT2D eigenvalue weighted by Gasteiger charge is 2.03. The quantitative estimate of drug-likeness (QED) is 0.585. The smallest absolute Gasteiger partial charge is 0.305 e. The number of nitrogens with one attached hydrogen (secondary N) is 1. The van der Waals surface area contributed by atoms with Gasteiger partial charge in [0.15, 0.2) is 0 Å². The molecule has 0 aliphatic rings. The fourth-order valence-electron chi connectivity index (χ4n) is 1.76. The number of unbranched alkanes of at least 4 members (excludes halogenated alkanes) is 2. The Labute approximate surface area is 118 Å². The van der Waals surface area contributed by atoms with Gasteiger partial charge in [-0.25, -0.2) is 4.39 Å². The molecule has 0 aliphatic heterocycles. The van der Waals surface area contributed by atoms with E-state index >= 15 is 0 Å². The van der Waals surface area contributed by atoms with E-state index in [0.29, 0.717) is 13.0 Å². The van der Waals surface area contributed by atoms with Gasteiger partial charge >= 0.3 is 5.97 Å². The van der Waals surface area contributed by atoms with E-state index in [0.717, 1.165) is 31.5 Å². The Hall–Kier alpha value is -2.09. The zero-order valence-corrected chi connectivity index (χ0v) is 11.6. The maximum absolute atomic E-state index is 13.1. The molecule has 108 valence electrons. The Balaban J connectivity index is 2.19. The van der Waals surface area contributed by atoms with Crippen LogP contribution in [0.15, 0.2) is 18.2 Å². The summed E-state index contributed by atoms with van der Waals surface area (Å²) in [7, 11) is 0. The standard InChI is InChI=1S/C15H19FN2O2/c1-2-20-15(19)6-4-3-5-9-18-13-7-8-14(16)12(10-13)11-17/h7-8,10,18H,2-6,9H2,1H3. The zero-order valence-electron chi connectivity index (χ0n) is 11.6. The fourth-order valence-corrected chi connectivity index (χ4v) is 1.76. The largest absolute Gasteiger partial charge is 0.466 e. The van der Waals surface area contributed by atoms with Gasteiger partial charge in [0, 0.05) is 18.7 Å². The van der Waals surface area contributed by atoms with Crippen molar-refractivity contribution in [1.82, 2.24) is 0 Å². The maximum atomic E-state index is 13.1. The first-order valence-corrected chi connectivity index (χ1v) is 6.76. The summed E-state index contributed by atoms with van der Waals surface area (Å²) >= 11 is 0. The monoisotopic (exact) mass is 278 g/mol. The average molecular weight is 278 g/mol. The Morgan fingerprint density at radius 3 is 2.90 bits per heavy atom. The summed E-state index contributed by atoms with van der Waals surface area (Å²) in [5, 5.41) is 11.8. The van der Waals surface area contributed by atoms with E-state index in [2.05, 4.69) is 5.32 Å². The molecule has 1 rings (SSSR count). The second-order valence-corrected chi connectivity index (χ2v) is 4.35. The maximum Gasteiger partial charge on any atom is 0.305 e. The van der Waals surface area contributed by atoms with Crippen LogP contribution in [0.3, 0.4) is 0 Å². The van der Waals surface area contributed by atoms with Gasteiger partial charge < -0.3 is 10.1 Å². The average Bonchev–Trinajstić information content (AvgIpc) is 2.44. The number of nitriles is 1. The number of carbonyl (C=O) groups is 1. The number of carbonyl (C=O) groups excluding carboxylic acids is 1. The van der Waals surface area contributed by atoms with Crippen LogP contribution in [0, 0.1) is 17.1 Å². The summed E-state index contributed by atoms with van der Waals surface area (Å²) in [6.07, 6.45) is 3.06. The number of anilines is 1. The predicted octanol–water partition coefficient (Wildman–Crippen LogP) is 3.23. The van der Waals surface area contributed by atoms with Gasteiger partial charge in [-0.1, -0.05) is 6.42 Å². The molecule has 0 spiro atoms. The molecule has 0 bridgehead atoms. The first kappa shape index (κ1) is 16.0. The Morgan fingerprint density at radius 2 is 2.20 bits per heavy atom. The minimum absolute atomic E-state index is 0.0392. The molecule has 4 nitrogen and oxygen atoms in total. The molecule has 20 heavy (non-hydrogen) atoms. The normalized spacial score (nSPS) is 9.85. The van der Waals surface area contributed by atoms with Crippen LogP contribution in [-0.2, 0) is 9.53 Å². The van der Waals surface area contributed by atoms with E-state index in [1.807, 2.05) is 0 Å². The lowest BCUT2D eigenvalue weighted by Gasteiger charge is -2.07. The molecule has 0 amide bonds. The van der Waals surface area contributed by atoms with Crippen LogP contribution in [0.5, 0.6) is 0 Å². The van der Waals surface area contributed by atoms with Gasteiger partial charge in [-0.3, -0.25) is 4.79 Å². The fraction of sp³-hybridized carbons (Fsp3) is 0.467. The molecule has 0 aliphatic carbocycles. The molecular weight excluding hydrogens is 259 g/mol. The predicted molar refractivity (Wildman–Crippen MR) is 74.7 cm³/mol. The second kappa shape index (κ2) is 8.92. The summed E-state index contributed by atoms with van der Waals surface area (Å²) in [6.45, 7) is 2.94. The van der Waals surface area contributed by atoms with Crippen molar-refractivity contribution in [2.24, 2.45) is 0 Å². The molecule has 1 N–H and O–H groups in total. The highest BCUT2D eigenvalue weighted by molar-refractivity contribution is 5.69. The number of esters is 1. The highest BCUT2D eigenvalue weighted by atomic mass is 19.1. The van der Waals surface area contributed by atoms with Crippen LogP contribution in [0.25, 0.3) is 0 Å². The Bertz CT molecular complexity index is 483. The third-order valence-electron chi connectivity index (χ3n) is 2.78. The van der Waals surface area contributed by atoms with Crippen molar-refractivity contribution in [3.05, 3.63) is 29.6 Å². The number of ether oxygens (including phenoxy) is 1. The lowest BCUT2D eigenvalue weighted by atomic mass is 10.2. The van der Waals surface area contributed by atoms with Gasteiger partial charge in [0.2, 0.25) is 0 Å². The lowest BCUT2D eigenvalue weighted by Crippen LogP contribution is -2.05. The molecule has 1 aromatic carbocycles. The zero-order chi connectivity index (χ0) is 14.8. The van der Waals surface area contributed by atoms with E-state index in [1.54, 1.807) is 19.1 Å². The van der Waals surface area contributed by atoms with E-state index in [-0.39, 0.29) is 11.5 Å². The first-order valence-electron chi connectivity index (χ1n) is 6.76. The molecular formula is C15H19FN2O2. The van der Waals surface area contributed by atoms with Crippen LogP contribution in [0.1, 0.15) is 38.2 Å². The number of hydrogen-bond donors (Lipinski definition) is 1.